The van der Waals surface area contributed by atoms with Gasteiger partial charge in [0, 0.05) is 6.20 Å². The summed E-state index contributed by atoms with van der Waals surface area (Å²) >= 11 is 0. The molecule has 0 aromatic carbocycles. The molecule has 0 fully saturated rings. The number of nitrogens with zero attached hydrogens (tertiary/aromatic N) is 2. The summed E-state index contributed by atoms with van der Waals surface area (Å²) in [6, 6.07) is 0. The van der Waals surface area contributed by atoms with E-state index in [9.17, 15) is 0 Å². The van der Waals surface area contributed by atoms with E-state index in [2.05, 4.69) is 4.98 Å². The average Bonchev–Trinajstić information content (AvgIpc) is 2.22. The number of aromatic hydroxyl groups is 1. The summed E-state index contributed by atoms with van der Waals surface area (Å²) in [5, 5.41) is 8.75. The highest BCUT2D eigenvalue weighted by Crippen LogP contribution is 2.08. The molecule has 2 heterocycles. The molecule has 2 aromatic rings. The van der Waals surface area contributed by atoms with Crippen LogP contribution in [0.5, 0.6) is 5.88 Å². The Bertz CT molecular complexity index is 294. The standard InChI is InChI=1S/C5H4N2O2/c8-4-3-7-1-2-9-5(7)6-4/h1-3,8H. The summed E-state index contributed by atoms with van der Waals surface area (Å²) in [6.45, 7) is 0. The van der Waals surface area contributed by atoms with Crippen LogP contribution in [-0.4, -0.2) is 14.5 Å². The van der Waals surface area contributed by atoms with Crippen molar-refractivity contribution in [2.45, 2.75) is 0 Å². The molecule has 2 aromatic heterocycles. The zero-order chi connectivity index (χ0) is 6.27. The van der Waals surface area contributed by atoms with Crippen LogP contribution in [0.2, 0.25) is 0 Å². The van der Waals surface area contributed by atoms with Crippen LogP contribution >= 0.6 is 0 Å². The fourth-order valence-electron chi connectivity index (χ4n) is 0.715. The molecule has 0 amide bonds. The molecule has 0 aliphatic rings. The molecule has 4 nitrogen and oxygen atoms in total. The van der Waals surface area contributed by atoms with Gasteiger partial charge in [-0.05, 0) is 0 Å². The number of hydrogen-bond donors (Lipinski definition) is 1. The average molecular weight is 124 g/mol. The van der Waals surface area contributed by atoms with Crippen molar-refractivity contribution in [3.05, 3.63) is 18.7 Å². The van der Waals surface area contributed by atoms with Gasteiger partial charge < -0.3 is 9.52 Å². The Kier molecular flexibility index (Phi) is 0.631. The Morgan fingerprint density at radius 3 is 3.33 bits per heavy atom. The van der Waals surface area contributed by atoms with Crippen molar-refractivity contribution in [3.8, 4) is 5.88 Å². The Morgan fingerprint density at radius 2 is 2.56 bits per heavy atom. The number of imidazole rings is 1. The summed E-state index contributed by atoms with van der Waals surface area (Å²) in [7, 11) is 0. The van der Waals surface area contributed by atoms with Crippen LogP contribution in [0.4, 0.5) is 0 Å². The van der Waals surface area contributed by atoms with Gasteiger partial charge in [-0.15, -0.1) is 0 Å². The molecule has 0 saturated heterocycles. The highest BCUT2D eigenvalue weighted by atomic mass is 16.4. The molecule has 0 atom stereocenters. The largest absolute Gasteiger partial charge is 0.492 e. The van der Waals surface area contributed by atoms with Crippen molar-refractivity contribution in [2.75, 3.05) is 0 Å². The van der Waals surface area contributed by atoms with Crippen molar-refractivity contribution < 1.29 is 9.52 Å². The summed E-state index contributed by atoms with van der Waals surface area (Å²) in [5.74, 6) is 0.391. The molecule has 4 heteroatoms. The van der Waals surface area contributed by atoms with Crippen LogP contribution in [0.25, 0.3) is 5.84 Å². The van der Waals surface area contributed by atoms with Gasteiger partial charge in [-0.2, -0.15) is 4.98 Å². The first-order valence-electron chi connectivity index (χ1n) is 2.47. The Hall–Kier alpha value is -1.45. The van der Waals surface area contributed by atoms with Gasteiger partial charge in [-0.25, -0.2) is 0 Å². The third-order valence-electron chi connectivity index (χ3n) is 1.08. The second kappa shape index (κ2) is 1.28. The molecule has 0 aliphatic heterocycles. The fourth-order valence-corrected chi connectivity index (χ4v) is 0.715. The topological polar surface area (TPSA) is 50.7 Å². The second-order valence-electron chi connectivity index (χ2n) is 1.69. The van der Waals surface area contributed by atoms with Gasteiger partial charge in [-0.3, -0.25) is 4.40 Å². The van der Waals surface area contributed by atoms with E-state index in [1.54, 1.807) is 10.6 Å². The minimum Gasteiger partial charge on any atom is -0.492 e. The monoisotopic (exact) mass is 124 g/mol. The van der Waals surface area contributed by atoms with Crippen LogP contribution in [0, 0.1) is 0 Å². The first-order valence-corrected chi connectivity index (χ1v) is 2.47. The third-order valence-corrected chi connectivity index (χ3v) is 1.08. The lowest BCUT2D eigenvalue weighted by Crippen LogP contribution is -1.67. The quantitative estimate of drug-likeness (QED) is 0.560. The van der Waals surface area contributed by atoms with E-state index in [4.69, 9.17) is 9.52 Å². The molecule has 0 saturated carbocycles. The van der Waals surface area contributed by atoms with Crippen LogP contribution in [0.1, 0.15) is 0 Å². The van der Waals surface area contributed by atoms with Gasteiger partial charge in [0.15, 0.2) is 0 Å². The molecule has 2 rings (SSSR count). The molecule has 0 aliphatic carbocycles. The smallest absolute Gasteiger partial charge is 0.309 e. The molecule has 1 N–H and O–H groups in total. The number of fused-ring (bicyclic) bond motifs is 1. The van der Waals surface area contributed by atoms with Crippen LogP contribution < -0.4 is 0 Å². The molecular weight excluding hydrogens is 120 g/mol. The number of oxazole rings is 1. The SMILES string of the molecule is Oc1cn2ccoc2n1. The summed E-state index contributed by atoms with van der Waals surface area (Å²) < 4.78 is 6.42. The molecule has 0 radical (unpaired) electrons. The predicted octanol–water partition coefficient (Wildman–Crippen LogP) is 0.633. The number of rotatable bonds is 0. The van der Waals surface area contributed by atoms with Crippen LogP contribution in [-0.2, 0) is 0 Å². The zero-order valence-corrected chi connectivity index (χ0v) is 4.48. The normalized spacial score (nSPS) is 10.7. The van der Waals surface area contributed by atoms with E-state index >= 15 is 0 Å². The van der Waals surface area contributed by atoms with Gasteiger partial charge in [0.1, 0.15) is 6.26 Å². The Morgan fingerprint density at radius 1 is 1.67 bits per heavy atom. The van der Waals surface area contributed by atoms with Crippen LogP contribution in [0.3, 0.4) is 0 Å². The molecule has 9 heavy (non-hydrogen) atoms. The highest BCUT2D eigenvalue weighted by molar-refractivity contribution is 5.27. The zero-order valence-electron chi connectivity index (χ0n) is 4.48. The van der Waals surface area contributed by atoms with E-state index in [0.29, 0.717) is 5.84 Å². The minimum atomic E-state index is -0.0191. The fraction of sp³-hybridized carbons (Fsp3) is 0. The summed E-state index contributed by atoms with van der Waals surface area (Å²) in [4.78, 5) is 3.62. The predicted molar refractivity (Wildman–Crippen MR) is 29.1 cm³/mol. The maximum absolute atomic E-state index is 8.75. The molecule has 46 valence electrons. The Labute approximate surface area is 50.4 Å². The molecule has 0 bridgehead atoms. The summed E-state index contributed by atoms with van der Waals surface area (Å²) in [5.41, 5.74) is 0. The lowest BCUT2D eigenvalue weighted by Gasteiger charge is -1.69. The van der Waals surface area contributed by atoms with Gasteiger partial charge in [0.25, 0.3) is 0 Å². The highest BCUT2D eigenvalue weighted by Gasteiger charge is 1.98. The maximum Gasteiger partial charge on any atom is 0.309 e. The molecule has 0 spiro atoms. The Balaban J connectivity index is 2.92. The number of hydrogen-bond acceptors (Lipinski definition) is 3. The van der Waals surface area contributed by atoms with E-state index in [0.717, 1.165) is 0 Å². The maximum atomic E-state index is 8.75. The lowest BCUT2D eigenvalue weighted by molar-refractivity contribution is 0.454. The third kappa shape index (κ3) is 0.495. The van der Waals surface area contributed by atoms with E-state index in [-0.39, 0.29) is 5.88 Å². The van der Waals surface area contributed by atoms with Gasteiger partial charge in [-0.1, -0.05) is 0 Å². The van der Waals surface area contributed by atoms with Gasteiger partial charge in [0.05, 0.1) is 6.20 Å². The van der Waals surface area contributed by atoms with Gasteiger partial charge >= 0.3 is 5.84 Å². The van der Waals surface area contributed by atoms with Crippen molar-refractivity contribution in [3.63, 3.8) is 0 Å². The minimum absolute atomic E-state index is 0.0191. The van der Waals surface area contributed by atoms with Crippen molar-refractivity contribution in [1.82, 2.24) is 9.38 Å². The molecular formula is C5H4N2O2. The van der Waals surface area contributed by atoms with E-state index in [1.807, 2.05) is 0 Å². The summed E-state index contributed by atoms with van der Waals surface area (Å²) in [6.07, 6.45) is 4.64. The van der Waals surface area contributed by atoms with Crippen molar-refractivity contribution >= 4 is 5.84 Å². The lowest BCUT2D eigenvalue weighted by atomic mass is 10.8. The number of aromatic nitrogens is 2. The first-order chi connectivity index (χ1) is 4.36. The second-order valence-corrected chi connectivity index (χ2v) is 1.69. The van der Waals surface area contributed by atoms with Gasteiger partial charge in [0.2, 0.25) is 5.88 Å². The van der Waals surface area contributed by atoms with Crippen molar-refractivity contribution in [1.29, 1.82) is 0 Å². The molecule has 0 unspecified atom stereocenters. The van der Waals surface area contributed by atoms with Crippen molar-refractivity contribution in [2.24, 2.45) is 0 Å². The van der Waals surface area contributed by atoms with Crippen LogP contribution in [0.15, 0.2) is 23.1 Å². The van der Waals surface area contributed by atoms with E-state index < -0.39 is 0 Å². The van der Waals surface area contributed by atoms with E-state index in [1.165, 1.54) is 12.5 Å². The first kappa shape index (κ1) is 4.43.